The number of hydrogen-bond acceptors (Lipinski definition) is 6. The molecule has 170 valence electrons. The van der Waals surface area contributed by atoms with Gasteiger partial charge in [0, 0.05) is 5.92 Å². The van der Waals surface area contributed by atoms with Crippen LogP contribution < -0.4 is 4.74 Å². The van der Waals surface area contributed by atoms with Gasteiger partial charge >= 0.3 is 5.97 Å². The lowest BCUT2D eigenvalue weighted by Crippen LogP contribution is -2.23. The molecule has 2 aromatic heterocycles. The highest BCUT2D eigenvalue weighted by Gasteiger charge is 2.29. The van der Waals surface area contributed by atoms with Gasteiger partial charge in [0.15, 0.2) is 5.76 Å². The van der Waals surface area contributed by atoms with Crippen LogP contribution in [0, 0.1) is 5.92 Å². The van der Waals surface area contributed by atoms with E-state index < -0.39 is 5.97 Å². The molecule has 0 saturated heterocycles. The molecule has 2 aromatic carbocycles. The van der Waals surface area contributed by atoms with Gasteiger partial charge in [0.25, 0.3) is 5.89 Å². The Morgan fingerprint density at radius 3 is 2.71 bits per heavy atom. The zero-order valence-corrected chi connectivity index (χ0v) is 18.3. The Hall–Kier alpha value is -4.26. The van der Waals surface area contributed by atoms with E-state index in [0.717, 1.165) is 23.3 Å². The first kappa shape index (κ1) is 21.6. The lowest BCUT2D eigenvalue weighted by molar-refractivity contribution is 0.0690. The Kier molecular flexibility index (Phi) is 5.91. The number of ketones is 1. The van der Waals surface area contributed by atoms with Crippen molar-refractivity contribution in [3.63, 3.8) is 0 Å². The summed E-state index contributed by atoms with van der Waals surface area (Å²) >= 11 is 0. The number of hydrogen-bond donors (Lipinski definition) is 1. The molecule has 34 heavy (non-hydrogen) atoms. The third kappa shape index (κ3) is 4.59. The van der Waals surface area contributed by atoms with Gasteiger partial charge in [0.1, 0.15) is 23.7 Å². The van der Waals surface area contributed by atoms with Crippen LogP contribution in [0.4, 0.5) is 0 Å². The van der Waals surface area contributed by atoms with Crippen LogP contribution in [0.5, 0.6) is 5.75 Å². The molecule has 0 radical (unpaired) electrons. The highest BCUT2D eigenvalue weighted by Crippen LogP contribution is 2.31. The molecule has 1 N–H and O–H groups in total. The Balaban J connectivity index is 1.26. The molecule has 7 nitrogen and oxygen atoms in total. The van der Waals surface area contributed by atoms with E-state index in [1.807, 2.05) is 42.5 Å². The monoisotopic (exact) mass is 454 g/mol. The van der Waals surface area contributed by atoms with E-state index >= 15 is 0 Å². The topological polar surface area (TPSA) is 103 Å². The van der Waals surface area contributed by atoms with Crippen LogP contribution in [0.15, 0.2) is 77.3 Å². The number of benzene rings is 2. The van der Waals surface area contributed by atoms with E-state index in [2.05, 4.69) is 16.0 Å². The van der Waals surface area contributed by atoms with Crippen molar-refractivity contribution in [1.29, 1.82) is 0 Å². The van der Waals surface area contributed by atoms with E-state index in [1.165, 1.54) is 17.8 Å². The molecule has 0 unspecified atom stereocenters. The Labute approximate surface area is 196 Å². The molecule has 0 fully saturated rings. The third-order valence-corrected chi connectivity index (χ3v) is 5.96. The van der Waals surface area contributed by atoms with Crippen LogP contribution in [0.3, 0.4) is 0 Å². The molecule has 1 aliphatic carbocycles. The number of Topliss-reactive ketones (excluding diaryl/α,β-unsaturated/α-hetero) is 1. The van der Waals surface area contributed by atoms with Gasteiger partial charge in [-0.05, 0) is 60.2 Å². The number of oxazole rings is 1. The lowest BCUT2D eigenvalue weighted by Gasteiger charge is -2.23. The van der Waals surface area contributed by atoms with Crippen molar-refractivity contribution < 1.29 is 23.8 Å². The largest absolute Gasteiger partial charge is 0.489 e. The molecular weight excluding hydrogens is 432 g/mol. The van der Waals surface area contributed by atoms with Crippen molar-refractivity contribution >= 4 is 11.8 Å². The first-order chi connectivity index (χ1) is 16.6. The molecule has 0 bridgehead atoms. The maximum atomic E-state index is 13.1. The molecule has 1 atom stereocenters. The van der Waals surface area contributed by atoms with E-state index in [9.17, 15) is 9.59 Å². The van der Waals surface area contributed by atoms with Gasteiger partial charge in [-0.15, -0.1) is 0 Å². The Morgan fingerprint density at radius 1 is 1.03 bits per heavy atom. The van der Waals surface area contributed by atoms with Gasteiger partial charge in [-0.3, -0.25) is 4.79 Å². The maximum absolute atomic E-state index is 13.1. The van der Waals surface area contributed by atoms with Gasteiger partial charge in [-0.2, -0.15) is 0 Å². The fourth-order valence-corrected chi connectivity index (χ4v) is 4.16. The first-order valence-corrected chi connectivity index (χ1v) is 11.1. The molecule has 0 aliphatic heterocycles. The standard InChI is InChI=1S/C27H22N2O5/c30-25(26-28-15-24(34-26)22-7-4-8-23(29-22)27(31)32)20-10-9-19-14-21(12-11-18(19)13-20)33-16-17-5-2-1-3-6-17/h1-8,11-12,14-15,20H,9-10,13,16H2,(H,31,32)/t20-/m1/s1. The van der Waals surface area contributed by atoms with Crippen LogP contribution in [-0.4, -0.2) is 26.8 Å². The summed E-state index contributed by atoms with van der Waals surface area (Å²) in [5, 5.41) is 9.13. The minimum Gasteiger partial charge on any atom is -0.489 e. The summed E-state index contributed by atoms with van der Waals surface area (Å²) in [5.74, 6) is -0.409. The highest BCUT2D eigenvalue weighted by atomic mass is 16.5. The van der Waals surface area contributed by atoms with Crippen molar-refractivity contribution in [1.82, 2.24) is 9.97 Å². The summed E-state index contributed by atoms with van der Waals surface area (Å²) < 4.78 is 11.6. The molecular formula is C27H22N2O5. The van der Waals surface area contributed by atoms with Crippen LogP contribution in [0.2, 0.25) is 0 Å². The summed E-state index contributed by atoms with van der Waals surface area (Å²) in [5.41, 5.74) is 3.65. The number of carboxylic acids is 1. The second-order valence-electron chi connectivity index (χ2n) is 8.25. The molecule has 5 rings (SSSR count). The average Bonchev–Trinajstić information content (AvgIpc) is 3.38. The molecule has 0 saturated carbocycles. The van der Waals surface area contributed by atoms with Gasteiger partial charge in [-0.1, -0.05) is 42.5 Å². The highest BCUT2D eigenvalue weighted by molar-refractivity contribution is 5.94. The minimum atomic E-state index is -1.13. The van der Waals surface area contributed by atoms with Gasteiger partial charge in [0.05, 0.1) is 6.20 Å². The maximum Gasteiger partial charge on any atom is 0.354 e. The van der Waals surface area contributed by atoms with Crippen molar-refractivity contribution in [2.24, 2.45) is 5.92 Å². The summed E-state index contributed by atoms with van der Waals surface area (Å²) in [6, 6.07) is 20.6. The van der Waals surface area contributed by atoms with E-state index in [-0.39, 0.29) is 29.0 Å². The average molecular weight is 454 g/mol. The zero-order valence-electron chi connectivity index (χ0n) is 18.3. The molecule has 0 amide bonds. The van der Waals surface area contributed by atoms with Gasteiger partial charge < -0.3 is 14.3 Å². The summed E-state index contributed by atoms with van der Waals surface area (Å²) in [6.07, 6.45) is 3.48. The normalized spacial score (nSPS) is 14.9. The van der Waals surface area contributed by atoms with Crippen molar-refractivity contribution in [2.75, 3.05) is 0 Å². The number of nitrogens with zero attached hydrogens (tertiary/aromatic N) is 2. The number of rotatable bonds is 7. The number of pyridine rings is 1. The number of aryl methyl sites for hydroxylation is 1. The quantitative estimate of drug-likeness (QED) is 0.392. The Morgan fingerprint density at radius 2 is 1.88 bits per heavy atom. The minimum absolute atomic E-state index is 0.0220. The SMILES string of the molecule is O=C(O)c1cccc(-c2cnc(C(=O)[C@@H]3CCc4cc(OCc5ccccc5)ccc4C3)o2)n1. The van der Waals surface area contributed by atoms with Crippen molar-refractivity contribution in [3.05, 3.63) is 101 Å². The summed E-state index contributed by atoms with van der Waals surface area (Å²) in [6.45, 7) is 0.511. The molecule has 4 aromatic rings. The predicted molar refractivity (Wildman–Crippen MR) is 124 cm³/mol. The number of carbonyl (C=O) groups excluding carboxylic acids is 1. The van der Waals surface area contributed by atoms with E-state index in [4.69, 9.17) is 14.3 Å². The van der Waals surface area contributed by atoms with Crippen LogP contribution in [-0.2, 0) is 19.4 Å². The van der Waals surface area contributed by atoms with Crippen molar-refractivity contribution in [2.45, 2.75) is 25.9 Å². The lowest BCUT2D eigenvalue weighted by atomic mass is 9.81. The number of aromatic carboxylic acids is 1. The summed E-state index contributed by atoms with van der Waals surface area (Å²) in [7, 11) is 0. The van der Waals surface area contributed by atoms with Crippen molar-refractivity contribution in [3.8, 4) is 17.2 Å². The van der Waals surface area contributed by atoms with E-state index in [1.54, 1.807) is 12.1 Å². The fraction of sp³-hybridized carbons (Fsp3) is 0.185. The van der Waals surface area contributed by atoms with Gasteiger partial charge in [0.2, 0.25) is 5.78 Å². The predicted octanol–water partition coefficient (Wildman–Crippen LogP) is 5.00. The Bertz CT molecular complexity index is 1350. The number of ether oxygens (including phenoxy) is 1. The second-order valence-corrected chi connectivity index (χ2v) is 8.25. The second kappa shape index (κ2) is 9.31. The first-order valence-electron chi connectivity index (χ1n) is 11.1. The van der Waals surface area contributed by atoms with E-state index in [0.29, 0.717) is 25.1 Å². The van der Waals surface area contributed by atoms with Crippen LogP contribution >= 0.6 is 0 Å². The van der Waals surface area contributed by atoms with Crippen LogP contribution in [0.1, 0.15) is 44.3 Å². The molecule has 7 heteroatoms. The molecule has 1 aliphatic rings. The third-order valence-electron chi connectivity index (χ3n) is 5.96. The number of carboxylic acid groups (broad SMARTS) is 1. The smallest absolute Gasteiger partial charge is 0.354 e. The number of carbonyl (C=O) groups is 2. The van der Waals surface area contributed by atoms with Gasteiger partial charge in [-0.25, -0.2) is 14.8 Å². The molecule has 0 spiro atoms. The number of aromatic nitrogens is 2. The summed E-state index contributed by atoms with van der Waals surface area (Å²) in [4.78, 5) is 32.4. The number of fused-ring (bicyclic) bond motifs is 1. The van der Waals surface area contributed by atoms with Crippen LogP contribution in [0.25, 0.3) is 11.5 Å². The molecule has 2 heterocycles. The fourth-order valence-electron chi connectivity index (χ4n) is 4.16. The zero-order chi connectivity index (χ0) is 23.5.